The van der Waals surface area contributed by atoms with Crippen molar-refractivity contribution in [2.24, 2.45) is 0 Å². The highest BCUT2D eigenvalue weighted by Crippen LogP contribution is 2.45. The fourth-order valence-corrected chi connectivity index (χ4v) is 5.33. The Hall–Kier alpha value is -2.58. The maximum absolute atomic E-state index is 15.1. The van der Waals surface area contributed by atoms with Gasteiger partial charge in [-0.15, -0.1) is 11.3 Å². The van der Waals surface area contributed by atoms with Crippen molar-refractivity contribution in [2.45, 2.75) is 38.8 Å². The highest BCUT2D eigenvalue weighted by molar-refractivity contribution is 7.15. The third-order valence-corrected chi connectivity index (χ3v) is 6.79. The van der Waals surface area contributed by atoms with E-state index in [1.54, 1.807) is 6.92 Å². The number of hydrogen-bond donors (Lipinski definition) is 2. The van der Waals surface area contributed by atoms with Gasteiger partial charge in [0.1, 0.15) is 17.2 Å². The van der Waals surface area contributed by atoms with Crippen LogP contribution in [0.25, 0.3) is 16.0 Å². The van der Waals surface area contributed by atoms with E-state index in [1.165, 1.54) is 17.4 Å². The zero-order chi connectivity index (χ0) is 19.7. The van der Waals surface area contributed by atoms with Crippen molar-refractivity contribution in [1.82, 2.24) is 9.72 Å². The van der Waals surface area contributed by atoms with E-state index in [0.29, 0.717) is 35.3 Å². The molecule has 2 N–H and O–H groups in total. The molecular weight excluding hydrogens is 386 g/mol. The van der Waals surface area contributed by atoms with Crippen molar-refractivity contribution in [2.75, 3.05) is 0 Å². The molecule has 2 aliphatic rings. The SMILES string of the molecule is Cc1c(-c2sc3c(c2F)CNC3)c(F)cn2c(=O)c(C(=O)O)cc(C3CC3)c12. The predicted molar refractivity (Wildman–Crippen MR) is 101 cm³/mol. The number of carboxylic acids is 1. The van der Waals surface area contributed by atoms with Gasteiger partial charge in [-0.25, -0.2) is 13.6 Å². The van der Waals surface area contributed by atoms with Gasteiger partial charge in [0.05, 0.1) is 10.4 Å². The summed E-state index contributed by atoms with van der Waals surface area (Å²) in [7, 11) is 0. The van der Waals surface area contributed by atoms with Gasteiger partial charge in [-0.05, 0) is 42.9 Å². The standard InChI is InChI=1S/C20H16F2N2O3S/c1-8-15(18-16(22)12-5-23-6-14(12)28-18)13(21)7-24-17(8)10(9-2-3-9)4-11(19(24)25)20(26)27/h4,7,9,23H,2-3,5-6H2,1H3,(H,26,27). The molecule has 4 heterocycles. The number of pyridine rings is 2. The Labute approximate surface area is 162 Å². The summed E-state index contributed by atoms with van der Waals surface area (Å²) >= 11 is 1.22. The van der Waals surface area contributed by atoms with E-state index in [4.69, 9.17) is 0 Å². The first-order valence-electron chi connectivity index (χ1n) is 9.01. The van der Waals surface area contributed by atoms with Crippen molar-refractivity contribution >= 4 is 22.8 Å². The minimum Gasteiger partial charge on any atom is -0.477 e. The van der Waals surface area contributed by atoms with Crippen molar-refractivity contribution in [3.63, 3.8) is 0 Å². The number of aryl methyl sites for hydroxylation is 1. The molecule has 3 aromatic rings. The fraction of sp³-hybridized carbons (Fsp3) is 0.300. The summed E-state index contributed by atoms with van der Waals surface area (Å²) in [6, 6.07) is 1.40. The largest absolute Gasteiger partial charge is 0.477 e. The lowest BCUT2D eigenvalue weighted by molar-refractivity contribution is 0.0694. The number of rotatable bonds is 3. The highest BCUT2D eigenvalue weighted by Gasteiger charge is 2.32. The Morgan fingerprint density at radius 3 is 2.71 bits per heavy atom. The van der Waals surface area contributed by atoms with Gasteiger partial charge >= 0.3 is 5.97 Å². The second-order valence-electron chi connectivity index (χ2n) is 7.34. The minimum atomic E-state index is -1.34. The van der Waals surface area contributed by atoms with Gasteiger partial charge in [0.15, 0.2) is 0 Å². The second-order valence-corrected chi connectivity index (χ2v) is 8.45. The van der Waals surface area contributed by atoms with Crippen LogP contribution in [0.4, 0.5) is 8.78 Å². The van der Waals surface area contributed by atoms with Crippen LogP contribution in [-0.2, 0) is 13.1 Å². The molecule has 1 aliphatic heterocycles. The minimum absolute atomic E-state index is 0.132. The third-order valence-electron chi connectivity index (χ3n) is 5.56. The lowest BCUT2D eigenvalue weighted by Gasteiger charge is -2.15. The quantitative estimate of drug-likeness (QED) is 0.699. The first kappa shape index (κ1) is 17.5. The molecule has 3 aromatic heterocycles. The first-order valence-corrected chi connectivity index (χ1v) is 9.83. The van der Waals surface area contributed by atoms with Gasteiger partial charge in [0.25, 0.3) is 5.56 Å². The number of aromatic carboxylic acids is 1. The van der Waals surface area contributed by atoms with Crippen LogP contribution in [0.5, 0.6) is 0 Å². The Balaban J connectivity index is 1.86. The van der Waals surface area contributed by atoms with Gasteiger partial charge < -0.3 is 10.4 Å². The number of thiophene rings is 1. The molecule has 0 spiro atoms. The van der Waals surface area contributed by atoms with Gasteiger partial charge in [-0.3, -0.25) is 9.20 Å². The number of carbonyl (C=O) groups is 1. The van der Waals surface area contributed by atoms with E-state index in [2.05, 4.69) is 5.32 Å². The summed E-state index contributed by atoms with van der Waals surface area (Å²) < 4.78 is 31.1. The maximum atomic E-state index is 15.1. The van der Waals surface area contributed by atoms with Gasteiger partial charge in [0, 0.05) is 35.3 Å². The molecule has 5 nitrogen and oxygen atoms in total. The third kappa shape index (κ3) is 2.37. The van der Waals surface area contributed by atoms with Gasteiger partial charge in [0.2, 0.25) is 0 Å². The molecule has 0 radical (unpaired) electrons. The number of nitrogens with zero attached hydrogens (tertiary/aromatic N) is 1. The zero-order valence-electron chi connectivity index (χ0n) is 14.9. The number of carboxylic acid groups (broad SMARTS) is 1. The summed E-state index contributed by atoms with van der Waals surface area (Å²) in [5, 5.41) is 12.4. The van der Waals surface area contributed by atoms with E-state index in [-0.39, 0.29) is 21.9 Å². The van der Waals surface area contributed by atoms with Gasteiger partial charge in [-0.2, -0.15) is 0 Å². The van der Waals surface area contributed by atoms with E-state index in [1.807, 2.05) is 0 Å². The van der Waals surface area contributed by atoms with Crippen LogP contribution in [0.3, 0.4) is 0 Å². The molecule has 0 saturated heterocycles. The van der Waals surface area contributed by atoms with Crippen molar-refractivity contribution in [3.05, 3.63) is 61.4 Å². The lowest BCUT2D eigenvalue weighted by atomic mass is 9.99. The highest BCUT2D eigenvalue weighted by atomic mass is 32.1. The number of halogens is 2. The van der Waals surface area contributed by atoms with E-state index in [9.17, 15) is 19.1 Å². The Morgan fingerprint density at radius 2 is 2.07 bits per heavy atom. The maximum Gasteiger partial charge on any atom is 0.341 e. The first-order chi connectivity index (χ1) is 13.4. The van der Waals surface area contributed by atoms with Crippen LogP contribution >= 0.6 is 11.3 Å². The average Bonchev–Trinajstić information content (AvgIpc) is 3.31. The molecular formula is C20H16F2N2O3S. The fourth-order valence-electron chi connectivity index (χ4n) is 4.06. The summed E-state index contributed by atoms with van der Waals surface area (Å²) in [4.78, 5) is 25.2. The number of nitrogens with one attached hydrogen (secondary N) is 1. The van der Waals surface area contributed by atoms with Crippen LogP contribution in [-0.4, -0.2) is 15.5 Å². The van der Waals surface area contributed by atoms with Crippen molar-refractivity contribution in [1.29, 1.82) is 0 Å². The number of aromatic nitrogens is 1. The summed E-state index contributed by atoms with van der Waals surface area (Å²) in [6.07, 6.45) is 2.76. The van der Waals surface area contributed by atoms with Crippen LogP contribution in [0.15, 0.2) is 17.1 Å². The summed E-state index contributed by atoms with van der Waals surface area (Å²) in [5.74, 6) is -2.36. The molecule has 28 heavy (non-hydrogen) atoms. The molecule has 0 aromatic carbocycles. The number of hydrogen-bond acceptors (Lipinski definition) is 4. The molecule has 1 saturated carbocycles. The molecule has 144 valence electrons. The molecule has 0 unspecified atom stereocenters. The van der Waals surface area contributed by atoms with Crippen LogP contribution < -0.4 is 10.9 Å². The average molecular weight is 402 g/mol. The molecule has 0 bridgehead atoms. The summed E-state index contributed by atoms with van der Waals surface area (Å²) in [6.45, 7) is 2.64. The smallest absolute Gasteiger partial charge is 0.341 e. The Kier molecular flexibility index (Phi) is 3.73. The normalized spacial score (nSPS) is 16.0. The molecule has 1 fully saturated rings. The molecule has 1 aliphatic carbocycles. The van der Waals surface area contributed by atoms with E-state index < -0.39 is 23.2 Å². The van der Waals surface area contributed by atoms with E-state index >= 15 is 4.39 Å². The molecule has 0 atom stereocenters. The van der Waals surface area contributed by atoms with Crippen LogP contribution in [0.1, 0.15) is 50.7 Å². The molecule has 0 amide bonds. The van der Waals surface area contributed by atoms with Gasteiger partial charge in [-0.1, -0.05) is 0 Å². The molecule has 8 heteroatoms. The Morgan fingerprint density at radius 1 is 1.32 bits per heavy atom. The van der Waals surface area contributed by atoms with E-state index in [0.717, 1.165) is 28.3 Å². The monoisotopic (exact) mass is 402 g/mol. The Bertz CT molecular complexity index is 1240. The van der Waals surface area contributed by atoms with Crippen LogP contribution in [0.2, 0.25) is 0 Å². The predicted octanol–water partition coefficient (Wildman–Crippen LogP) is 3.79. The van der Waals surface area contributed by atoms with Crippen LogP contribution in [0, 0.1) is 18.6 Å². The lowest BCUT2D eigenvalue weighted by Crippen LogP contribution is -2.24. The van der Waals surface area contributed by atoms with Crippen molar-refractivity contribution in [3.8, 4) is 10.4 Å². The second kappa shape index (κ2) is 5.96. The number of fused-ring (bicyclic) bond motifs is 2. The molecule has 5 rings (SSSR count). The van der Waals surface area contributed by atoms with Crippen molar-refractivity contribution < 1.29 is 18.7 Å². The summed E-state index contributed by atoms with van der Waals surface area (Å²) in [5.41, 5.74) is 1.22. The zero-order valence-corrected chi connectivity index (χ0v) is 15.8. The topological polar surface area (TPSA) is 70.8 Å².